The van der Waals surface area contributed by atoms with Gasteiger partial charge in [-0.1, -0.05) is 18.2 Å². The Morgan fingerprint density at radius 3 is 2.46 bits per heavy atom. The van der Waals surface area contributed by atoms with Gasteiger partial charge in [0.15, 0.2) is 5.60 Å². The van der Waals surface area contributed by atoms with Gasteiger partial charge < -0.3 is 14.7 Å². The monoisotopic (exact) mass is 533 g/mol. The highest BCUT2D eigenvalue weighted by Gasteiger charge is 2.51. The summed E-state index contributed by atoms with van der Waals surface area (Å²) in [5, 5.41) is 11.7. The van der Waals surface area contributed by atoms with Gasteiger partial charge in [-0.25, -0.2) is 8.42 Å². The van der Waals surface area contributed by atoms with Crippen molar-refractivity contribution in [1.29, 1.82) is 0 Å². The molecule has 2 fully saturated rings. The van der Waals surface area contributed by atoms with E-state index >= 15 is 0 Å². The zero-order valence-corrected chi connectivity index (χ0v) is 21.2. The molecule has 0 amide bonds. The topological polar surface area (TPSA) is 73.3 Å². The van der Waals surface area contributed by atoms with Crippen LogP contribution >= 0.6 is 11.3 Å². The van der Waals surface area contributed by atoms with Crippen LogP contribution < -0.4 is 4.90 Å². The fraction of sp³-hybridized carbons (Fsp3) is 0.565. The van der Waals surface area contributed by atoms with Crippen molar-refractivity contribution in [2.75, 3.05) is 50.8 Å². The van der Waals surface area contributed by atoms with Crippen LogP contribution in [0.25, 0.3) is 0 Å². The van der Waals surface area contributed by atoms with Crippen LogP contribution in [-0.4, -0.2) is 86.9 Å². The van der Waals surface area contributed by atoms with Crippen LogP contribution in [0.5, 0.6) is 0 Å². The third-order valence-corrected chi connectivity index (χ3v) is 10.0. The summed E-state index contributed by atoms with van der Waals surface area (Å²) in [5.74, 6) is 0. The summed E-state index contributed by atoms with van der Waals surface area (Å²) >= 11 is 1.18. The molecule has 1 aromatic carbocycles. The van der Waals surface area contributed by atoms with Crippen molar-refractivity contribution in [2.45, 2.75) is 41.9 Å². The molecule has 0 unspecified atom stereocenters. The molecule has 1 N–H and O–H groups in total. The first-order chi connectivity index (χ1) is 16.4. The highest BCUT2D eigenvalue weighted by molar-refractivity contribution is 7.91. The lowest BCUT2D eigenvalue weighted by Gasteiger charge is -2.45. The van der Waals surface area contributed by atoms with Gasteiger partial charge in [-0.15, -0.1) is 11.3 Å². The standard InChI is InChI=1S/C23H30F3N3O4S2/c1-17-16-33-12-11-27(17)14-20-15-28(35(31,32)21-4-3-13-34-21)9-10-29(20)19-7-5-18(6-8-19)22(2,30)23(24,25)26/h3-8,13,17,20,30H,9-12,14-16H2,1-2H3/t17-,20-,22-/m0/s1. The smallest absolute Gasteiger partial charge is 0.379 e. The van der Waals surface area contributed by atoms with E-state index < -0.39 is 21.8 Å². The first-order valence-corrected chi connectivity index (χ1v) is 13.7. The van der Waals surface area contributed by atoms with Gasteiger partial charge in [0, 0.05) is 44.5 Å². The zero-order valence-electron chi connectivity index (χ0n) is 19.6. The normalized spacial score (nSPS) is 24.9. The third-order valence-electron chi connectivity index (χ3n) is 6.80. The fourth-order valence-electron chi connectivity index (χ4n) is 4.52. The van der Waals surface area contributed by atoms with Crippen LogP contribution in [0.2, 0.25) is 0 Å². The van der Waals surface area contributed by atoms with Crippen molar-refractivity contribution in [1.82, 2.24) is 9.21 Å². The summed E-state index contributed by atoms with van der Waals surface area (Å²) < 4.78 is 73.5. The molecule has 7 nitrogen and oxygen atoms in total. The van der Waals surface area contributed by atoms with E-state index in [-0.39, 0.29) is 30.7 Å². The average molecular weight is 534 g/mol. The first-order valence-electron chi connectivity index (χ1n) is 11.4. The van der Waals surface area contributed by atoms with E-state index in [9.17, 15) is 26.7 Å². The molecule has 0 spiro atoms. The summed E-state index contributed by atoms with van der Waals surface area (Å²) in [6.45, 7) is 6.19. The molecule has 12 heteroatoms. The van der Waals surface area contributed by atoms with E-state index in [1.54, 1.807) is 29.6 Å². The van der Waals surface area contributed by atoms with Crippen LogP contribution in [0.15, 0.2) is 46.0 Å². The predicted octanol–water partition coefficient (Wildman–Crippen LogP) is 3.12. The highest BCUT2D eigenvalue weighted by Crippen LogP contribution is 2.39. The summed E-state index contributed by atoms with van der Waals surface area (Å²) in [5.41, 5.74) is -2.52. The van der Waals surface area contributed by atoms with Crippen LogP contribution in [0.1, 0.15) is 19.4 Å². The van der Waals surface area contributed by atoms with Crippen LogP contribution in [0.3, 0.4) is 0 Å². The molecular formula is C23H30F3N3O4S2. The molecule has 2 aromatic rings. The van der Waals surface area contributed by atoms with Gasteiger partial charge in [-0.2, -0.15) is 17.5 Å². The Bertz CT molecular complexity index is 1090. The Kier molecular flexibility index (Phi) is 7.52. The van der Waals surface area contributed by atoms with Crippen LogP contribution in [-0.2, 0) is 20.4 Å². The van der Waals surface area contributed by atoms with Crippen molar-refractivity contribution in [3.8, 4) is 0 Å². The Labute approximate surface area is 207 Å². The number of thiophene rings is 1. The van der Waals surface area contributed by atoms with Crippen molar-refractivity contribution < 1.29 is 31.4 Å². The van der Waals surface area contributed by atoms with E-state index in [1.807, 2.05) is 0 Å². The van der Waals surface area contributed by atoms with E-state index in [0.29, 0.717) is 36.2 Å². The number of rotatable bonds is 6. The Morgan fingerprint density at radius 2 is 1.86 bits per heavy atom. The molecule has 4 rings (SSSR count). The van der Waals surface area contributed by atoms with E-state index in [2.05, 4.69) is 16.7 Å². The predicted molar refractivity (Wildman–Crippen MR) is 128 cm³/mol. The number of morpholine rings is 1. The van der Waals surface area contributed by atoms with E-state index in [1.165, 1.54) is 27.8 Å². The molecule has 3 atom stereocenters. The molecule has 3 heterocycles. The molecule has 0 bridgehead atoms. The minimum atomic E-state index is -4.80. The van der Waals surface area contributed by atoms with Gasteiger partial charge >= 0.3 is 6.18 Å². The van der Waals surface area contributed by atoms with Gasteiger partial charge in [0.2, 0.25) is 0 Å². The van der Waals surface area contributed by atoms with Gasteiger partial charge in [-0.3, -0.25) is 4.90 Å². The number of alkyl halides is 3. The van der Waals surface area contributed by atoms with Crippen molar-refractivity contribution in [2.24, 2.45) is 0 Å². The highest BCUT2D eigenvalue weighted by atomic mass is 32.2. The summed E-state index contributed by atoms with van der Waals surface area (Å²) in [4.78, 5) is 4.31. The van der Waals surface area contributed by atoms with E-state index in [0.717, 1.165) is 13.5 Å². The maximum atomic E-state index is 13.3. The number of sulfonamides is 1. The fourth-order valence-corrected chi connectivity index (χ4v) is 7.14. The first kappa shape index (κ1) is 26.4. The van der Waals surface area contributed by atoms with Crippen LogP contribution in [0, 0.1) is 0 Å². The number of hydrogen-bond donors (Lipinski definition) is 1. The Balaban J connectivity index is 1.60. The summed E-state index contributed by atoms with van der Waals surface area (Å²) in [6, 6.07) is 8.95. The average Bonchev–Trinajstić information content (AvgIpc) is 3.36. The third kappa shape index (κ3) is 5.37. The Hall–Kier alpha value is -1.70. The number of piperazine rings is 1. The quantitative estimate of drug-likeness (QED) is 0.615. The summed E-state index contributed by atoms with van der Waals surface area (Å²) in [7, 11) is -3.63. The molecule has 1 aromatic heterocycles. The maximum absolute atomic E-state index is 13.3. The number of anilines is 1. The molecule has 35 heavy (non-hydrogen) atoms. The summed E-state index contributed by atoms with van der Waals surface area (Å²) in [6.07, 6.45) is -4.80. The number of aliphatic hydroxyl groups is 1. The molecule has 2 aliphatic rings. The lowest BCUT2D eigenvalue weighted by molar-refractivity contribution is -0.258. The number of hydrogen-bond acceptors (Lipinski definition) is 7. The molecule has 0 radical (unpaired) electrons. The SMILES string of the molecule is C[C@H]1COCCN1C[C@H]1CN(S(=O)(=O)c2cccs2)CCN1c1ccc([C@](C)(O)C(F)(F)F)cc1. The molecule has 194 valence electrons. The van der Waals surface area contributed by atoms with Crippen LogP contribution in [0.4, 0.5) is 18.9 Å². The maximum Gasteiger partial charge on any atom is 0.421 e. The minimum Gasteiger partial charge on any atom is -0.379 e. The minimum absolute atomic E-state index is 0.166. The van der Waals surface area contributed by atoms with Gasteiger partial charge in [0.05, 0.1) is 19.3 Å². The second-order valence-electron chi connectivity index (χ2n) is 9.18. The van der Waals surface area contributed by atoms with Gasteiger partial charge in [-0.05, 0) is 43.0 Å². The van der Waals surface area contributed by atoms with Crippen molar-refractivity contribution >= 4 is 27.0 Å². The molecular weight excluding hydrogens is 503 g/mol. The van der Waals surface area contributed by atoms with Gasteiger partial charge in [0.1, 0.15) is 4.21 Å². The molecule has 2 saturated heterocycles. The largest absolute Gasteiger partial charge is 0.421 e. The lowest BCUT2D eigenvalue weighted by Crippen LogP contribution is -2.60. The Morgan fingerprint density at radius 1 is 1.14 bits per heavy atom. The number of nitrogens with zero attached hydrogens (tertiary/aromatic N) is 3. The second kappa shape index (κ2) is 9.98. The van der Waals surface area contributed by atoms with Crippen molar-refractivity contribution in [3.05, 3.63) is 47.3 Å². The number of benzene rings is 1. The van der Waals surface area contributed by atoms with E-state index in [4.69, 9.17) is 4.74 Å². The number of ether oxygens (including phenoxy) is 1. The molecule has 0 aliphatic carbocycles. The van der Waals surface area contributed by atoms with Gasteiger partial charge in [0.25, 0.3) is 10.0 Å². The zero-order chi connectivity index (χ0) is 25.4. The second-order valence-corrected chi connectivity index (χ2v) is 12.3. The number of halogens is 3. The lowest BCUT2D eigenvalue weighted by atomic mass is 9.95. The molecule has 0 saturated carbocycles. The molecule has 2 aliphatic heterocycles. The van der Waals surface area contributed by atoms with Crippen molar-refractivity contribution in [3.63, 3.8) is 0 Å².